The van der Waals surface area contributed by atoms with E-state index in [1.54, 1.807) is 19.9 Å². The third-order valence-corrected chi connectivity index (χ3v) is 20.6. The quantitative estimate of drug-likeness (QED) is 0.0708. The van der Waals surface area contributed by atoms with E-state index in [0.717, 1.165) is 47.2 Å². The number of rotatable bonds is 16. The molecule has 0 aliphatic rings. The topological polar surface area (TPSA) is 105 Å². The van der Waals surface area contributed by atoms with Crippen molar-refractivity contribution < 1.29 is 38.1 Å². The van der Waals surface area contributed by atoms with Gasteiger partial charge in [0.15, 0.2) is 0 Å². The van der Waals surface area contributed by atoms with Crippen LogP contribution in [-0.2, 0) is 51.2 Å². The van der Waals surface area contributed by atoms with Crippen molar-refractivity contribution in [3.63, 3.8) is 0 Å². The first-order chi connectivity index (χ1) is 36.5. The Labute approximate surface area is 507 Å². The molecule has 81 heavy (non-hydrogen) atoms. The molecule has 0 bridgehead atoms. The number of esters is 4. The predicted molar refractivity (Wildman–Crippen MR) is 363 cm³/mol. The van der Waals surface area contributed by atoms with Crippen LogP contribution in [0.3, 0.4) is 0 Å². The summed E-state index contributed by atoms with van der Waals surface area (Å²) in [6.45, 7) is 78.8. The van der Waals surface area contributed by atoms with Gasteiger partial charge >= 0.3 is 23.9 Å². The molecule has 476 valence electrons. The minimum Gasteiger partial charge on any atom is -0.466 e. The molecule has 0 spiro atoms. The molecule has 2 aromatic carbocycles. The third kappa shape index (κ3) is 70.4. The van der Waals surface area contributed by atoms with Gasteiger partial charge in [0.2, 0.25) is 0 Å². The van der Waals surface area contributed by atoms with Crippen molar-refractivity contribution in [2.75, 3.05) is 13.2 Å². The maximum absolute atomic E-state index is 11.1. The summed E-state index contributed by atoms with van der Waals surface area (Å²) in [5.74, 6) is 2.54. The van der Waals surface area contributed by atoms with Crippen molar-refractivity contribution >= 4 is 40.0 Å². The molecule has 0 fully saturated rings. The first kappa shape index (κ1) is 91.0. The fourth-order valence-corrected chi connectivity index (χ4v) is 6.98. The van der Waals surface area contributed by atoms with Crippen molar-refractivity contribution in [3.05, 3.63) is 97.1 Å². The van der Waals surface area contributed by atoms with Gasteiger partial charge < -0.3 is 18.9 Å². The number of benzene rings is 2. The first-order valence-electron chi connectivity index (χ1n) is 30.5. The zero-order valence-corrected chi connectivity index (χ0v) is 61.5. The summed E-state index contributed by atoms with van der Waals surface area (Å²) in [7, 11) is -2.02. The summed E-state index contributed by atoms with van der Waals surface area (Å²) >= 11 is 0. The fourth-order valence-electron chi connectivity index (χ4n) is 4.53. The summed E-state index contributed by atoms with van der Waals surface area (Å²) < 4.78 is 19.9. The molecule has 0 N–H and O–H groups in total. The van der Waals surface area contributed by atoms with Crippen molar-refractivity contribution in [1.82, 2.24) is 0 Å². The van der Waals surface area contributed by atoms with E-state index in [1.807, 2.05) is 98.7 Å². The van der Waals surface area contributed by atoms with Gasteiger partial charge in [0.25, 0.3) is 0 Å². The standard InChI is InChI=1S/C11H14O2.C10H14.C9H20O2Si.C9H22Si.C8H16O2.C7H12O2.C7H16.C6H12.C4H10/c1-9(2)11(12)13-8-10-6-4-3-5-7-10;1-9(2)8-10-6-4-3-5-7-10;1-8(2)9(10)11-6-7-12(3,4)5;1-8(2)10(6,7)9(3,4)5;1-6(2)7(9)10-8(3,4)5;1-4-5-9-7(8)6(2)3;1-6(2)7(3,4)5;1-4-5-6(2)3;1-4(2)3/h3-7,9H,8H2,1-2H3;3-7,9H,8H2,1-2H3;8H,6-7H2,1-5H3;8H,1-7H3;6H,1-5H3;4,6H,1,5H2,2-3H3;6H,1-5H3;4,6H,1,5H2,2-3H3;4H,1-3H3. The number of ether oxygens (including phenoxy) is 4. The summed E-state index contributed by atoms with van der Waals surface area (Å²) in [5, 5.41) is 0.557. The molecule has 10 heteroatoms. The van der Waals surface area contributed by atoms with E-state index in [4.69, 9.17) is 18.9 Å². The van der Waals surface area contributed by atoms with Crippen LogP contribution in [0.4, 0.5) is 0 Å². The lowest BCUT2D eigenvalue weighted by molar-refractivity contribution is -0.158. The van der Waals surface area contributed by atoms with Gasteiger partial charge in [-0.1, -0.05) is 291 Å². The Morgan fingerprint density at radius 1 is 0.494 bits per heavy atom. The van der Waals surface area contributed by atoms with Gasteiger partial charge in [-0.2, -0.15) is 0 Å². The van der Waals surface area contributed by atoms with Crippen molar-refractivity contribution in [2.24, 2.45) is 52.8 Å². The van der Waals surface area contributed by atoms with Crippen LogP contribution in [0.1, 0.15) is 211 Å². The lowest BCUT2D eigenvalue weighted by atomic mass is 9.84. The summed E-state index contributed by atoms with van der Waals surface area (Å²) in [5.41, 5.74) is 3.52. The highest BCUT2D eigenvalue weighted by Crippen LogP contribution is 2.42. The molecular formula is C71H136O8Si2. The SMILES string of the molecule is C=CCC(C)C.C=CCOC(=O)C(C)C.CC(C)C.CC(C)C(=O)OC(C)(C)C.CC(C)C(=O)OCC[Si](C)(C)C.CC(C)C(=O)OCc1ccccc1.CC(C)C(C)(C)C.CC(C)Cc1ccccc1.CC(C)[Si](C)(C)C(C)(C)C. The van der Waals surface area contributed by atoms with E-state index in [2.05, 4.69) is 194 Å². The number of hydrogen-bond donors (Lipinski definition) is 0. The third-order valence-electron chi connectivity index (χ3n) is 12.2. The maximum Gasteiger partial charge on any atom is 0.308 e. The van der Waals surface area contributed by atoms with Crippen molar-refractivity contribution in [2.45, 2.75) is 268 Å². The second-order valence-corrected chi connectivity index (χ2v) is 40.7. The summed E-state index contributed by atoms with van der Waals surface area (Å²) in [4.78, 5) is 43.7. The monoisotopic (exact) mass is 1170 g/mol. The highest BCUT2D eigenvalue weighted by atomic mass is 28.3. The van der Waals surface area contributed by atoms with Gasteiger partial charge in [-0.15, -0.1) is 6.58 Å². The average molecular weight is 1170 g/mol. The smallest absolute Gasteiger partial charge is 0.308 e. The highest BCUT2D eigenvalue weighted by Gasteiger charge is 2.37. The molecule has 0 saturated carbocycles. The summed E-state index contributed by atoms with van der Waals surface area (Å²) in [6, 6.07) is 21.3. The first-order valence-corrected chi connectivity index (χ1v) is 37.3. The predicted octanol–water partition coefficient (Wildman–Crippen LogP) is 21.6. The van der Waals surface area contributed by atoms with Crippen LogP contribution in [0, 0.1) is 52.8 Å². The Bertz CT molecular complexity index is 1810. The normalized spacial score (nSPS) is 11.1. The molecule has 2 aromatic rings. The number of allylic oxidation sites excluding steroid dienone is 1. The Balaban J connectivity index is -0.000000154. The largest absolute Gasteiger partial charge is 0.466 e. The highest BCUT2D eigenvalue weighted by molar-refractivity contribution is 6.81. The van der Waals surface area contributed by atoms with Crippen LogP contribution < -0.4 is 0 Å². The maximum atomic E-state index is 11.1. The second-order valence-electron chi connectivity index (χ2n) is 29.0. The number of carbonyl (C=O) groups excluding carboxylic acids is 4. The van der Waals surface area contributed by atoms with Gasteiger partial charge in [0.05, 0.1) is 38.4 Å². The minimum atomic E-state index is -1.04. The Hall–Kier alpha value is -3.77. The molecule has 0 atom stereocenters. The fraction of sp³-hybridized carbons (Fsp3) is 0.718. The Morgan fingerprint density at radius 3 is 1.06 bits per heavy atom. The van der Waals surface area contributed by atoms with Crippen molar-refractivity contribution in [1.29, 1.82) is 0 Å². The van der Waals surface area contributed by atoms with E-state index in [0.29, 0.717) is 30.3 Å². The zero-order chi connectivity index (χ0) is 65.7. The molecule has 8 nitrogen and oxygen atoms in total. The lowest BCUT2D eigenvalue weighted by Crippen LogP contribution is -2.39. The van der Waals surface area contributed by atoms with Gasteiger partial charge in [0, 0.05) is 8.07 Å². The van der Waals surface area contributed by atoms with Gasteiger partial charge in [0.1, 0.15) is 18.8 Å². The van der Waals surface area contributed by atoms with Gasteiger partial charge in [-0.3, -0.25) is 19.2 Å². The molecule has 0 unspecified atom stereocenters. The van der Waals surface area contributed by atoms with E-state index in [-0.39, 0.29) is 53.1 Å². The van der Waals surface area contributed by atoms with Crippen LogP contribution in [0.2, 0.25) is 49.4 Å². The minimum absolute atomic E-state index is 0.00614. The van der Waals surface area contributed by atoms with E-state index >= 15 is 0 Å². The molecule has 0 aliphatic carbocycles. The van der Waals surface area contributed by atoms with Crippen LogP contribution in [0.5, 0.6) is 0 Å². The van der Waals surface area contributed by atoms with Crippen LogP contribution in [-0.4, -0.2) is 58.8 Å². The molecule has 0 amide bonds. The van der Waals surface area contributed by atoms with E-state index in [1.165, 1.54) is 12.0 Å². The lowest BCUT2D eigenvalue weighted by Gasteiger charge is -2.40. The van der Waals surface area contributed by atoms with Gasteiger partial charge in [-0.05, 0) is 84.9 Å². The molecule has 0 aliphatic heterocycles. The Morgan fingerprint density at radius 2 is 0.840 bits per heavy atom. The van der Waals surface area contributed by atoms with Crippen LogP contribution in [0.25, 0.3) is 0 Å². The molecule has 0 radical (unpaired) electrons. The van der Waals surface area contributed by atoms with Crippen LogP contribution in [0.15, 0.2) is 86.0 Å². The van der Waals surface area contributed by atoms with Crippen molar-refractivity contribution in [3.8, 4) is 0 Å². The molecule has 2 rings (SSSR count). The molecule has 0 heterocycles. The molecule has 0 aromatic heterocycles. The van der Waals surface area contributed by atoms with E-state index in [9.17, 15) is 19.2 Å². The Kier molecular flexibility index (Phi) is 55.8. The summed E-state index contributed by atoms with van der Waals surface area (Å²) in [6.07, 6.45) is 5.84. The molecule has 0 saturated heterocycles. The van der Waals surface area contributed by atoms with E-state index < -0.39 is 16.1 Å². The zero-order valence-electron chi connectivity index (χ0n) is 59.5. The number of hydrogen-bond acceptors (Lipinski definition) is 8. The molecular weight excluding hydrogens is 1040 g/mol. The van der Waals surface area contributed by atoms with Gasteiger partial charge in [-0.25, -0.2) is 0 Å². The average Bonchev–Trinajstić information content (AvgIpc) is 3.30. The second kappa shape index (κ2) is 49.6. The van der Waals surface area contributed by atoms with Crippen LogP contribution >= 0.6 is 0 Å². The number of carbonyl (C=O) groups is 4.